The van der Waals surface area contributed by atoms with Crippen LogP contribution in [0.3, 0.4) is 0 Å². The van der Waals surface area contributed by atoms with Crippen LogP contribution in [0.1, 0.15) is 55.5 Å². The molecule has 0 saturated heterocycles. The van der Waals surface area contributed by atoms with Crippen molar-refractivity contribution in [1.82, 2.24) is 9.88 Å². The maximum absolute atomic E-state index is 13.5. The lowest BCUT2D eigenvalue weighted by atomic mass is 9.92. The number of ether oxygens (including phenoxy) is 1. The van der Waals surface area contributed by atoms with E-state index >= 15 is 0 Å². The molecule has 0 bridgehead atoms. The quantitative estimate of drug-likeness (QED) is 0.443. The predicted molar refractivity (Wildman–Crippen MR) is 138 cm³/mol. The van der Waals surface area contributed by atoms with E-state index in [1.165, 1.54) is 17.7 Å². The predicted octanol–water partition coefficient (Wildman–Crippen LogP) is 4.70. The van der Waals surface area contributed by atoms with E-state index in [4.69, 9.17) is 4.74 Å². The summed E-state index contributed by atoms with van der Waals surface area (Å²) in [4.78, 5) is 38.4. The lowest BCUT2D eigenvalue weighted by molar-refractivity contribution is -0.141. The summed E-state index contributed by atoms with van der Waals surface area (Å²) in [6.45, 7) is 5.93. The lowest BCUT2D eigenvalue weighted by Gasteiger charge is -2.25. The van der Waals surface area contributed by atoms with Crippen molar-refractivity contribution in [3.63, 3.8) is 0 Å². The Hall–Kier alpha value is -4.18. The molecule has 1 amide bonds. The summed E-state index contributed by atoms with van der Waals surface area (Å²) in [5.41, 5.74) is 3.49. The Balaban J connectivity index is 2.04. The van der Waals surface area contributed by atoms with Crippen LogP contribution in [0.15, 0.2) is 71.7 Å². The fourth-order valence-electron chi connectivity index (χ4n) is 4.23. The second kappa shape index (κ2) is 12.0. The molecule has 2 aromatic carbocycles. The zero-order chi connectivity index (χ0) is 26.2. The minimum Gasteiger partial charge on any atom is -0.469 e. The van der Waals surface area contributed by atoms with Crippen LogP contribution < -0.4 is 10.9 Å². The van der Waals surface area contributed by atoms with Crippen molar-refractivity contribution in [1.29, 1.82) is 5.26 Å². The van der Waals surface area contributed by atoms with E-state index < -0.39 is 18.1 Å². The highest BCUT2D eigenvalue weighted by molar-refractivity contribution is 5.82. The molecule has 1 heterocycles. The van der Waals surface area contributed by atoms with Gasteiger partial charge in [-0.05, 0) is 54.2 Å². The van der Waals surface area contributed by atoms with Gasteiger partial charge in [0.15, 0.2) is 0 Å². The molecular weight excluding hydrogens is 454 g/mol. The molecule has 0 saturated carbocycles. The summed E-state index contributed by atoms with van der Waals surface area (Å²) in [7, 11) is 1.30. The number of methoxy groups -OCH3 is 1. The van der Waals surface area contributed by atoms with Crippen LogP contribution in [0.25, 0.3) is 11.1 Å². The number of nitrogens with one attached hydrogen (secondary N) is 1. The molecule has 1 aromatic heterocycles. The van der Waals surface area contributed by atoms with Crippen LogP contribution in [0.5, 0.6) is 0 Å². The van der Waals surface area contributed by atoms with Gasteiger partial charge in [0.05, 0.1) is 31.2 Å². The molecule has 0 aliphatic carbocycles. The molecule has 7 nitrogen and oxygen atoms in total. The molecule has 0 fully saturated rings. The Labute approximate surface area is 211 Å². The Morgan fingerprint density at radius 3 is 2.42 bits per heavy atom. The Kier molecular flexibility index (Phi) is 8.80. The Morgan fingerprint density at radius 1 is 1.06 bits per heavy atom. The summed E-state index contributed by atoms with van der Waals surface area (Å²) in [6.07, 6.45) is 1.95. The molecule has 0 radical (unpaired) electrons. The maximum Gasteiger partial charge on any atom is 0.307 e. The molecule has 3 rings (SSSR count). The molecule has 3 aromatic rings. The molecule has 36 heavy (non-hydrogen) atoms. The van der Waals surface area contributed by atoms with Crippen LogP contribution >= 0.6 is 0 Å². The zero-order valence-corrected chi connectivity index (χ0v) is 21.0. The van der Waals surface area contributed by atoms with Gasteiger partial charge in [0, 0.05) is 17.8 Å². The number of rotatable bonds is 9. The van der Waals surface area contributed by atoms with Gasteiger partial charge >= 0.3 is 5.97 Å². The smallest absolute Gasteiger partial charge is 0.307 e. The number of carbonyl (C=O) groups is 2. The molecule has 0 aliphatic heterocycles. The average molecular weight is 486 g/mol. The molecule has 0 spiro atoms. The number of benzene rings is 2. The van der Waals surface area contributed by atoms with Gasteiger partial charge in [0.25, 0.3) is 5.56 Å². The highest BCUT2D eigenvalue weighted by atomic mass is 16.5. The third kappa shape index (κ3) is 6.28. The Bertz CT molecular complexity index is 1340. The van der Waals surface area contributed by atoms with Crippen molar-refractivity contribution in [2.75, 3.05) is 7.11 Å². The molecule has 2 atom stereocenters. The van der Waals surface area contributed by atoms with Crippen LogP contribution in [0.4, 0.5) is 0 Å². The van der Waals surface area contributed by atoms with E-state index in [9.17, 15) is 19.6 Å². The van der Waals surface area contributed by atoms with Crippen LogP contribution in [0, 0.1) is 24.2 Å². The molecule has 186 valence electrons. The van der Waals surface area contributed by atoms with Crippen LogP contribution in [0.2, 0.25) is 0 Å². The molecule has 1 N–H and O–H groups in total. The van der Waals surface area contributed by atoms with Gasteiger partial charge in [-0.15, -0.1) is 0 Å². The first-order chi connectivity index (χ1) is 17.2. The molecular formula is C29H31N3O4. The largest absolute Gasteiger partial charge is 0.469 e. The molecule has 7 heteroatoms. The average Bonchev–Trinajstić information content (AvgIpc) is 2.87. The second-order valence-electron chi connectivity index (χ2n) is 9.16. The normalized spacial score (nSPS) is 12.4. The summed E-state index contributed by atoms with van der Waals surface area (Å²) in [6, 6.07) is 18.5. The number of esters is 1. The molecule has 0 aliphatic rings. The summed E-state index contributed by atoms with van der Waals surface area (Å²) < 4.78 is 6.31. The van der Waals surface area contributed by atoms with Gasteiger partial charge in [-0.2, -0.15) is 5.26 Å². The van der Waals surface area contributed by atoms with Crippen molar-refractivity contribution in [2.24, 2.45) is 5.92 Å². The van der Waals surface area contributed by atoms with Gasteiger partial charge in [0.1, 0.15) is 6.04 Å². The van der Waals surface area contributed by atoms with Gasteiger partial charge < -0.3 is 14.6 Å². The third-order valence-electron chi connectivity index (χ3n) is 6.10. The third-order valence-corrected chi connectivity index (χ3v) is 6.10. The summed E-state index contributed by atoms with van der Waals surface area (Å²) in [5, 5.41) is 12.7. The Morgan fingerprint density at radius 2 is 1.78 bits per heavy atom. The van der Waals surface area contributed by atoms with Crippen molar-refractivity contribution in [3.05, 3.63) is 93.9 Å². The number of nitriles is 1. The monoisotopic (exact) mass is 485 g/mol. The topological polar surface area (TPSA) is 101 Å². The van der Waals surface area contributed by atoms with Crippen molar-refractivity contribution in [3.8, 4) is 17.2 Å². The number of aromatic nitrogens is 1. The standard InChI is InChI=1S/C29H31N3O4/c1-19(2)15-26(32-14-8-7-11-27(32)33)29(35)31-25(17-28(34)36-4)21-12-13-22(18-30)24(16-21)23-10-6-5-9-20(23)3/h5-14,16,19,25-26H,15,17H2,1-4H3,(H,31,35). The number of hydrogen-bond donors (Lipinski definition) is 1. The number of nitrogens with zero attached hydrogens (tertiary/aromatic N) is 2. The van der Waals surface area contributed by atoms with Gasteiger partial charge in [0.2, 0.25) is 5.91 Å². The number of amides is 1. The van der Waals surface area contributed by atoms with Crippen LogP contribution in [-0.2, 0) is 14.3 Å². The zero-order valence-electron chi connectivity index (χ0n) is 21.0. The lowest BCUT2D eigenvalue weighted by Crippen LogP contribution is -2.40. The fourth-order valence-corrected chi connectivity index (χ4v) is 4.23. The van der Waals surface area contributed by atoms with E-state index in [-0.39, 0.29) is 23.8 Å². The first-order valence-corrected chi connectivity index (χ1v) is 11.9. The van der Waals surface area contributed by atoms with E-state index in [2.05, 4.69) is 11.4 Å². The minimum absolute atomic E-state index is 0.0978. The second-order valence-corrected chi connectivity index (χ2v) is 9.16. The van der Waals surface area contributed by atoms with Crippen LogP contribution in [-0.4, -0.2) is 23.6 Å². The molecule has 2 unspecified atom stereocenters. The summed E-state index contributed by atoms with van der Waals surface area (Å²) >= 11 is 0. The highest BCUT2D eigenvalue weighted by Crippen LogP contribution is 2.31. The van der Waals surface area contributed by atoms with Crippen molar-refractivity contribution >= 4 is 11.9 Å². The first kappa shape index (κ1) is 26.4. The van der Waals surface area contributed by atoms with Gasteiger partial charge in [-0.1, -0.05) is 50.2 Å². The number of hydrogen-bond acceptors (Lipinski definition) is 5. The number of carbonyl (C=O) groups excluding carboxylic acids is 2. The minimum atomic E-state index is -0.743. The van der Waals surface area contributed by atoms with Gasteiger partial charge in [-0.25, -0.2) is 0 Å². The number of aryl methyl sites for hydroxylation is 1. The first-order valence-electron chi connectivity index (χ1n) is 11.9. The van der Waals surface area contributed by atoms with Gasteiger partial charge in [-0.3, -0.25) is 14.4 Å². The maximum atomic E-state index is 13.5. The van der Waals surface area contributed by atoms with E-state index in [1.54, 1.807) is 30.5 Å². The number of pyridine rings is 1. The van der Waals surface area contributed by atoms with E-state index in [0.29, 0.717) is 17.5 Å². The van der Waals surface area contributed by atoms with Crippen molar-refractivity contribution in [2.45, 2.75) is 45.7 Å². The summed E-state index contributed by atoms with van der Waals surface area (Å²) in [5.74, 6) is -0.707. The highest BCUT2D eigenvalue weighted by Gasteiger charge is 2.27. The van der Waals surface area contributed by atoms with Crippen molar-refractivity contribution < 1.29 is 14.3 Å². The van der Waals surface area contributed by atoms with E-state index in [0.717, 1.165) is 16.7 Å². The van der Waals surface area contributed by atoms with E-state index in [1.807, 2.05) is 51.1 Å². The fraction of sp³-hybridized carbons (Fsp3) is 0.310. The SMILES string of the molecule is COC(=O)CC(NC(=O)C(CC(C)C)n1ccccc1=O)c1ccc(C#N)c(-c2ccccc2C)c1.